The van der Waals surface area contributed by atoms with E-state index in [9.17, 15) is 0 Å². The van der Waals surface area contributed by atoms with Crippen molar-refractivity contribution >= 4 is 15.9 Å². The fourth-order valence-corrected chi connectivity index (χ4v) is 3.13. The fraction of sp³-hybridized carbons (Fsp3) is 0.333. The summed E-state index contributed by atoms with van der Waals surface area (Å²) in [5, 5.41) is 3.64. The third-order valence-corrected chi connectivity index (χ3v) is 4.28. The summed E-state index contributed by atoms with van der Waals surface area (Å²) in [4.78, 5) is 0. The van der Waals surface area contributed by atoms with Gasteiger partial charge in [0.25, 0.3) is 0 Å². The predicted octanol–water partition coefficient (Wildman–Crippen LogP) is 5.26. The molecule has 0 aliphatic heterocycles. The second kappa shape index (κ2) is 7.62. The number of halogens is 1. The first-order chi connectivity index (χ1) is 10.1. The van der Waals surface area contributed by atoms with Crippen molar-refractivity contribution in [1.29, 1.82) is 0 Å². The first-order valence-electron chi connectivity index (χ1n) is 7.35. The Morgan fingerprint density at radius 3 is 2.19 bits per heavy atom. The quantitative estimate of drug-likeness (QED) is 0.769. The highest BCUT2D eigenvalue weighted by Crippen LogP contribution is 2.29. The van der Waals surface area contributed by atoms with Gasteiger partial charge >= 0.3 is 0 Å². The zero-order chi connectivity index (χ0) is 15.2. The van der Waals surface area contributed by atoms with Crippen LogP contribution in [0.5, 0.6) is 5.75 Å². The normalized spacial score (nSPS) is 13.7. The van der Waals surface area contributed by atoms with Gasteiger partial charge in [0.05, 0.1) is 6.61 Å². The lowest BCUT2D eigenvalue weighted by Gasteiger charge is -2.23. The zero-order valence-corrected chi connectivity index (χ0v) is 14.4. The molecule has 0 bridgehead atoms. The van der Waals surface area contributed by atoms with Crippen LogP contribution in [0.4, 0.5) is 0 Å². The highest BCUT2D eigenvalue weighted by Gasteiger charge is 2.15. The van der Waals surface area contributed by atoms with Crippen molar-refractivity contribution in [2.45, 2.75) is 32.9 Å². The van der Waals surface area contributed by atoms with Gasteiger partial charge in [-0.1, -0.05) is 52.3 Å². The summed E-state index contributed by atoms with van der Waals surface area (Å²) in [7, 11) is 0. The van der Waals surface area contributed by atoms with Gasteiger partial charge in [-0.2, -0.15) is 0 Å². The molecular formula is C18H22BrNO. The van der Waals surface area contributed by atoms with Gasteiger partial charge in [-0.3, -0.25) is 0 Å². The summed E-state index contributed by atoms with van der Waals surface area (Å²) in [6.45, 7) is 7.05. The Bertz CT molecular complexity index is 585. The van der Waals surface area contributed by atoms with Gasteiger partial charge in [0.15, 0.2) is 0 Å². The van der Waals surface area contributed by atoms with Crippen LogP contribution in [0.25, 0.3) is 0 Å². The number of nitrogens with one attached hydrogen (secondary N) is 1. The van der Waals surface area contributed by atoms with Gasteiger partial charge in [0.1, 0.15) is 5.75 Å². The lowest BCUT2D eigenvalue weighted by molar-refractivity contribution is 0.331. The van der Waals surface area contributed by atoms with Gasteiger partial charge < -0.3 is 10.1 Å². The molecule has 0 fully saturated rings. The molecule has 1 unspecified atom stereocenters. The van der Waals surface area contributed by atoms with Crippen LogP contribution in [0.3, 0.4) is 0 Å². The minimum Gasteiger partial charge on any atom is -0.494 e. The van der Waals surface area contributed by atoms with Crippen LogP contribution < -0.4 is 10.1 Å². The van der Waals surface area contributed by atoms with Gasteiger partial charge in [0.2, 0.25) is 0 Å². The van der Waals surface area contributed by atoms with Crippen molar-refractivity contribution in [2.75, 3.05) is 6.61 Å². The molecule has 0 amide bonds. The molecule has 0 heterocycles. The molecule has 112 valence electrons. The van der Waals surface area contributed by atoms with E-state index in [0.29, 0.717) is 6.61 Å². The van der Waals surface area contributed by atoms with E-state index in [1.165, 1.54) is 11.1 Å². The zero-order valence-electron chi connectivity index (χ0n) is 12.8. The van der Waals surface area contributed by atoms with Crippen LogP contribution in [0.2, 0.25) is 0 Å². The van der Waals surface area contributed by atoms with E-state index in [4.69, 9.17) is 4.74 Å². The van der Waals surface area contributed by atoms with E-state index in [1.54, 1.807) is 0 Å². The number of rotatable bonds is 6. The molecule has 2 nitrogen and oxygen atoms in total. The molecule has 2 aromatic rings. The van der Waals surface area contributed by atoms with Crippen molar-refractivity contribution in [2.24, 2.45) is 0 Å². The van der Waals surface area contributed by atoms with Gasteiger partial charge in [-0.05, 0) is 38.5 Å². The lowest BCUT2D eigenvalue weighted by atomic mass is 10.0. The molecule has 0 saturated heterocycles. The van der Waals surface area contributed by atoms with Crippen molar-refractivity contribution in [3.05, 3.63) is 64.1 Å². The second-order valence-electron chi connectivity index (χ2n) is 5.10. The molecule has 1 N–H and O–H groups in total. The summed E-state index contributed by atoms with van der Waals surface area (Å²) in [5.41, 5.74) is 2.46. The number of benzene rings is 2. The maximum Gasteiger partial charge on any atom is 0.124 e. The predicted molar refractivity (Wildman–Crippen MR) is 91.7 cm³/mol. The largest absolute Gasteiger partial charge is 0.494 e. The van der Waals surface area contributed by atoms with E-state index in [2.05, 4.69) is 65.4 Å². The maximum absolute atomic E-state index is 5.72. The van der Waals surface area contributed by atoms with E-state index in [0.717, 1.165) is 10.2 Å². The molecule has 0 aliphatic rings. The maximum atomic E-state index is 5.72. The van der Waals surface area contributed by atoms with Crippen LogP contribution in [-0.2, 0) is 0 Å². The second-order valence-corrected chi connectivity index (χ2v) is 5.96. The Morgan fingerprint density at radius 2 is 1.52 bits per heavy atom. The molecular weight excluding hydrogens is 326 g/mol. The van der Waals surface area contributed by atoms with Crippen molar-refractivity contribution in [3.8, 4) is 5.75 Å². The SMILES string of the molecule is CCOc1ccccc1C(C)N[C@H](C)c1ccccc1Br. The number of ether oxygens (including phenoxy) is 1. The first kappa shape index (κ1) is 16.1. The Balaban J connectivity index is 2.14. The van der Waals surface area contributed by atoms with E-state index < -0.39 is 0 Å². The Hall–Kier alpha value is -1.32. The van der Waals surface area contributed by atoms with Crippen molar-refractivity contribution in [3.63, 3.8) is 0 Å². The summed E-state index contributed by atoms with van der Waals surface area (Å²) in [5.74, 6) is 0.958. The fourth-order valence-electron chi connectivity index (χ4n) is 2.51. The minimum absolute atomic E-state index is 0.217. The third kappa shape index (κ3) is 4.08. The topological polar surface area (TPSA) is 21.3 Å². The summed E-state index contributed by atoms with van der Waals surface area (Å²) in [6.07, 6.45) is 0. The Morgan fingerprint density at radius 1 is 0.952 bits per heavy atom. The van der Waals surface area contributed by atoms with Crippen LogP contribution in [0.1, 0.15) is 44.0 Å². The van der Waals surface area contributed by atoms with E-state index in [-0.39, 0.29) is 12.1 Å². The molecule has 2 rings (SSSR count). The highest BCUT2D eigenvalue weighted by atomic mass is 79.9. The standard InChI is InChI=1S/C18H22BrNO/c1-4-21-18-12-8-6-10-16(18)14(3)20-13(2)15-9-5-7-11-17(15)19/h5-14,20H,4H2,1-3H3/t13-,14?/m1/s1. The number of para-hydroxylation sites is 1. The smallest absolute Gasteiger partial charge is 0.124 e. The van der Waals surface area contributed by atoms with Gasteiger partial charge in [-0.15, -0.1) is 0 Å². The minimum atomic E-state index is 0.217. The monoisotopic (exact) mass is 347 g/mol. The summed E-state index contributed by atoms with van der Waals surface area (Å²) < 4.78 is 6.85. The van der Waals surface area contributed by atoms with Crippen LogP contribution in [0.15, 0.2) is 53.0 Å². The molecule has 2 aromatic carbocycles. The van der Waals surface area contributed by atoms with Gasteiger partial charge in [0, 0.05) is 22.1 Å². The van der Waals surface area contributed by atoms with Gasteiger partial charge in [-0.25, -0.2) is 0 Å². The van der Waals surface area contributed by atoms with Crippen LogP contribution in [-0.4, -0.2) is 6.61 Å². The lowest BCUT2D eigenvalue weighted by Crippen LogP contribution is -2.23. The number of hydrogen-bond donors (Lipinski definition) is 1. The van der Waals surface area contributed by atoms with E-state index in [1.807, 2.05) is 25.1 Å². The molecule has 0 saturated carbocycles. The Labute approximate surface area is 135 Å². The molecule has 0 aliphatic carbocycles. The number of hydrogen-bond acceptors (Lipinski definition) is 2. The molecule has 0 spiro atoms. The molecule has 21 heavy (non-hydrogen) atoms. The third-order valence-electron chi connectivity index (χ3n) is 3.56. The Kier molecular flexibility index (Phi) is 5.83. The van der Waals surface area contributed by atoms with Crippen LogP contribution in [0, 0.1) is 0 Å². The summed E-state index contributed by atoms with van der Waals surface area (Å²) >= 11 is 3.62. The van der Waals surface area contributed by atoms with Crippen molar-refractivity contribution < 1.29 is 4.74 Å². The van der Waals surface area contributed by atoms with Crippen LogP contribution >= 0.6 is 15.9 Å². The average Bonchev–Trinajstić information content (AvgIpc) is 2.48. The van der Waals surface area contributed by atoms with Crippen molar-refractivity contribution in [1.82, 2.24) is 5.32 Å². The summed E-state index contributed by atoms with van der Waals surface area (Å²) in [6, 6.07) is 17.0. The first-order valence-corrected chi connectivity index (χ1v) is 8.15. The average molecular weight is 348 g/mol. The highest BCUT2D eigenvalue weighted by molar-refractivity contribution is 9.10. The molecule has 0 radical (unpaired) electrons. The van der Waals surface area contributed by atoms with E-state index >= 15 is 0 Å². The molecule has 0 aromatic heterocycles. The molecule has 3 heteroatoms. The molecule has 2 atom stereocenters.